The number of amides is 1. The van der Waals surface area contributed by atoms with Crippen LogP contribution in [0.1, 0.15) is 24.0 Å². The molecule has 0 radical (unpaired) electrons. The standard InChI is InChI=1S/C15H17NO3S/c17-15-7-12-8-20(18,19)9-14(12)16(15)13-5-4-10-2-1-3-11(10)6-13/h4-6,12,14H,1-3,7-9H2/t12-,14-/m0/s1. The van der Waals surface area contributed by atoms with Crippen LogP contribution >= 0.6 is 0 Å². The first kappa shape index (κ1) is 12.4. The number of aryl methyl sites for hydroxylation is 2. The van der Waals surface area contributed by atoms with Gasteiger partial charge in [-0.05, 0) is 42.5 Å². The maximum absolute atomic E-state index is 12.2. The summed E-state index contributed by atoms with van der Waals surface area (Å²) >= 11 is 0. The number of carbonyl (C=O) groups is 1. The first-order valence-corrected chi connectivity index (χ1v) is 9.00. The lowest BCUT2D eigenvalue weighted by molar-refractivity contribution is -0.117. The quantitative estimate of drug-likeness (QED) is 0.784. The predicted octanol–water partition coefficient (Wildman–Crippen LogP) is 1.33. The van der Waals surface area contributed by atoms with Gasteiger partial charge in [0.25, 0.3) is 0 Å². The Hall–Kier alpha value is -1.36. The highest BCUT2D eigenvalue weighted by molar-refractivity contribution is 7.91. The number of hydrogen-bond donors (Lipinski definition) is 0. The van der Waals surface area contributed by atoms with Crippen molar-refractivity contribution in [2.75, 3.05) is 16.4 Å². The van der Waals surface area contributed by atoms with Crippen LogP contribution in [0.5, 0.6) is 0 Å². The molecule has 1 aliphatic carbocycles. The molecule has 4 nitrogen and oxygen atoms in total. The van der Waals surface area contributed by atoms with Crippen molar-refractivity contribution in [3.8, 4) is 0 Å². The molecule has 0 bridgehead atoms. The highest BCUT2D eigenvalue weighted by atomic mass is 32.2. The summed E-state index contributed by atoms with van der Waals surface area (Å²) in [5, 5.41) is 0. The lowest BCUT2D eigenvalue weighted by Crippen LogP contribution is -2.36. The summed E-state index contributed by atoms with van der Waals surface area (Å²) in [5.74, 6) is 0.360. The molecule has 0 saturated carbocycles. The molecule has 0 unspecified atom stereocenters. The van der Waals surface area contributed by atoms with Gasteiger partial charge in [-0.2, -0.15) is 0 Å². The molecule has 2 atom stereocenters. The number of sulfone groups is 1. The van der Waals surface area contributed by atoms with E-state index in [9.17, 15) is 13.2 Å². The number of carbonyl (C=O) groups excluding carboxylic acids is 1. The molecule has 1 aromatic carbocycles. The first-order chi connectivity index (χ1) is 9.53. The van der Waals surface area contributed by atoms with E-state index in [2.05, 4.69) is 12.1 Å². The zero-order chi connectivity index (χ0) is 13.9. The molecule has 2 aliphatic heterocycles. The first-order valence-electron chi connectivity index (χ1n) is 7.18. The maximum atomic E-state index is 12.2. The fourth-order valence-electron chi connectivity index (χ4n) is 3.93. The average Bonchev–Trinajstić information content (AvgIpc) is 3.00. The van der Waals surface area contributed by atoms with Crippen molar-refractivity contribution in [2.45, 2.75) is 31.7 Å². The second kappa shape index (κ2) is 4.07. The summed E-state index contributed by atoms with van der Waals surface area (Å²) in [6.07, 6.45) is 3.73. The molecular formula is C15H17NO3S. The third-order valence-corrected chi connectivity index (χ3v) is 6.62. The van der Waals surface area contributed by atoms with Crippen LogP contribution in [0.3, 0.4) is 0 Å². The van der Waals surface area contributed by atoms with Gasteiger partial charge in [0.2, 0.25) is 5.91 Å². The number of benzene rings is 1. The maximum Gasteiger partial charge on any atom is 0.227 e. The summed E-state index contributed by atoms with van der Waals surface area (Å²) in [5.41, 5.74) is 3.58. The zero-order valence-electron chi connectivity index (χ0n) is 11.2. The van der Waals surface area contributed by atoms with E-state index in [0.29, 0.717) is 6.42 Å². The van der Waals surface area contributed by atoms with Crippen LogP contribution < -0.4 is 4.90 Å². The van der Waals surface area contributed by atoms with Gasteiger partial charge < -0.3 is 4.90 Å². The Kier molecular flexibility index (Phi) is 2.52. The van der Waals surface area contributed by atoms with Crippen molar-refractivity contribution in [1.82, 2.24) is 0 Å². The van der Waals surface area contributed by atoms with Crippen molar-refractivity contribution in [2.24, 2.45) is 5.92 Å². The van der Waals surface area contributed by atoms with E-state index in [0.717, 1.165) is 18.5 Å². The van der Waals surface area contributed by atoms with E-state index in [1.807, 2.05) is 6.07 Å². The fraction of sp³-hybridized carbons (Fsp3) is 0.533. The zero-order valence-corrected chi connectivity index (χ0v) is 12.0. The van der Waals surface area contributed by atoms with E-state index in [4.69, 9.17) is 0 Å². The number of fused-ring (bicyclic) bond motifs is 2. The van der Waals surface area contributed by atoms with Crippen LogP contribution in [0.15, 0.2) is 18.2 Å². The van der Waals surface area contributed by atoms with Gasteiger partial charge in [-0.25, -0.2) is 8.42 Å². The summed E-state index contributed by atoms with van der Waals surface area (Å²) in [6, 6.07) is 6.02. The second-order valence-corrected chi connectivity index (χ2v) is 8.33. The summed E-state index contributed by atoms with van der Waals surface area (Å²) in [7, 11) is -2.98. The highest BCUT2D eigenvalue weighted by Crippen LogP contribution is 2.38. The minimum Gasteiger partial charge on any atom is -0.308 e. The number of rotatable bonds is 1. The molecule has 0 N–H and O–H groups in total. The van der Waals surface area contributed by atoms with Crippen LogP contribution in [0.25, 0.3) is 0 Å². The number of hydrogen-bond acceptors (Lipinski definition) is 3. The van der Waals surface area contributed by atoms with Gasteiger partial charge in [0.15, 0.2) is 9.84 Å². The third kappa shape index (κ3) is 1.79. The van der Waals surface area contributed by atoms with Crippen LogP contribution in [-0.4, -0.2) is 31.9 Å². The van der Waals surface area contributed by atoms with Crippen molar-refractivity contribution in [3.63, 3.8) is 0 Å². The van der Waals surface area contributed by atoms with Gasteiger partial charge in [0.1, 0.15) is 0 Å². The highest BCUT2D eigenvalue weighted by Gasteiger charge is 2.49. The summed E-state index contributed by atoms with van der Waals surface area (Å²) < 4.78 is 23.6. The van der Waals surface area contributed by atoms with Crippen LogP contribution in [-0.2, 0) is 27.5 Å². The smallest absolute Gasteiger partial charge is 0.227 e. The van der Waals surface area contributed by atoms with E-state index in [-0.39, 0.29) is 29.4 Å². The van der Waals surface area contributed by atoms with Gasteiger partial charge in [0, 0.05) is 18.0 Å². The Morgan fingerprint density at radius 3 is 2.75 bits per heavy atom. The normalized spacial score (nSPS) is 30.6. The van der Waals surface area contributed by atoms with Gasteiger partial charge >= 0.3 is 0 Å². The Labute approximate surface area is 118 Å². The topological polar surface area (TPSA) is 54.5 Å². The molecule has 0 aromatic heterocycles. The van der Waals surface area contributed by atoms with Gasteiger partial charge in [-0.15, -0.1) is 0 Å². The molecule has 106 valence electrons. The molecule has 1 aromatic rings. The van der Waals surface area contributed by atoms with Gasteiger partial charge in [0.05, 0.1) is 17.5 Å². The van der Waals surface area contributed by atoms with Crippen molar-refractivity contribution in [1.29, 1.82) is 0 Å². The SMILES string of the molecule is O=C1C[C@H]2CS(=O)(=O)C[C@@H]2N1c1ccc2c(c1)CCC2. The van der Waals surface area contributed by atoms with E-state index < -0.39 is 9.84 Å². The van der Waals surface area contributed by atoms with Gasteiger partial charge in [-0.3, -0.25) is 4.79 Å². The Balaban J connectivity index is 1.72. The fourth-order valence-corrected chi connectivity index (χ4v) is 6.00. The van der Waals surface area contributed by atoms with Crippen LogP contribution in [0.2, 0.25) is 0 Å². The molecule has 4 rings (SSSR count). The lowest BCUT2D eigenvalue weighted by atomic mass is 10.0. The molecule has 5 heteroatoms. The largest absolute Gasteiger partial charge is 0.308 e. The number of nitrogens with zero attached hydrogens (tertiary/aromatic N) is 1. The minimum absolute atomic E-state index is 0.0132. The molecule has 2 heterocycles. The van der Waals surface area contributed by atoms with Crippen molar-refractivity contribution in [3.05, 3.63) is 29.3 Å². The predicted molar refractivity (Wildman–Crippen MR) is 76.5 cm³/mol. The Bertz CT molecular complexity index is 695. The average molecular weight is 291 g/mol. The van der Waals surface area contributed by atoms with Gasteiger partial charge in [-0.1, -0.05) is 6.07 Å². The second-order valence-electron chi connectivity index (χ2n) is 6.18. The minimum atomic E-state index is -2.98. The van der Waals surface area contributed by atoms with E-state index in [1.54, 1.807) is 4.90 Å². The Morgan fingerprint density at radius 2 is 1.90 bits per heavy atom. The van der Waals surface area contributed by atoms with E-state index >= 15 is 0 Å². The van der Waals surface area contributed by atoms with Crippen LogP contribution in [0.4, 0.5) is 5.69 Å². The molecule has 3 aliphatic rings. The molecule has 20 heavy (non-hydrogen) atoms. The summed E-state index contributed by atoms with van der Waals surface area (Å²) in [6.45, 7) is 0. The molecular weight excluding hydrogens is 274 g/mol. The molecule has 0 spiro atoms. The monoisotopic (exact) mass is 291 g/mol. The summed E-state index contributed by atoms with van der Waals surface area (Å²) in [4.78, 5) is 14.0. The Morgan fingerprint density at radius 1 is 1.10 bits per heavy atom. The molecule has 2 saturated heterocycles. The third-order valence-electron chi connectivity index (χ3n) is 4.83. The number of anilines is 1. The van der Waals surface area contributed by atoms with E-state index in [1.165, 1.54) is 17.5 Å². The van der Waals surface area contributed by atoms with Crippen molar-refractivity contribution >= 4 is 21.4 Å². The van der Waals surface area contributed by atoms with Crippen molar-refractivity contribution < 1.29 is 13.2 Å². The van der Waals surface area contributed by atoms with Crippen LogP contribution in [0, 0.1) is 5.92 Å². The lowest BCUT2D eigenvalue weighted by Gasteiger charge is -2.24. The molecule has 1 amide bonds. The molecule has 2 fully saturated rings.